The van der Waals surface area contributed by atoms with Gasteiger partial charge < -0.3 is 4.74 Å². The second-order valence-electron chi connectivity index (χ2n) is 4.48. The van der Waals surface area contributed by atoms with Crippen molar-refractivity contribution >= 4 is 6.29 Å². The van der Waals surface area contributed by atoms with Gasteiger partial charge in [-0.05, 0) is 42.3 Å². The van der Waals surface area contributed by atoms with Crippen molar-refractivity contribution in [3.8, 4) is 17.6 Å². The summed E-state index contributed by atoms with van der Waals surface area (Å²) in [5.74, 6) is 1.14. The Balaban J connectivity index is 2.21. The largest absolute Gasteiger partial charge is 0.456 e. The Kier molecular flexibility index (Phi) is 4.52. The van der Waals surface area contributed by atoms with Gasteiger partial charge in [0.1, 0.15) is 23.9 Å². The third-order valence-corrected chi connectivity index (χ3v) is 2.95. The van der Waals surface area contributed by atoms with Crippen molar-refractivity contribution in [2.45, 2.75) is 19.8 Å². The monoisotopic (exact) mass is 265 g/mol. The number of aryl methyl sites for hydroxylation is 1. The maximum atomic E-state index is 10.7. The summed E-state index contributed by atoms with van der Waals surface area (Å²) in [6.07, 6.45) is 2.86. The van der Waals surface area contributed by atoms with Crippen molar-refractivity contribution in [2.24, 2.45) is 0 Å². The molecule has 2 rings (SSSR count). The number of rotatable bonds is 5. The minimum Gasteiger partial charge on any atom is -0.456 e. The molecule has 0 spiro atoms. The van der Waals surface area contributed by atoms with Crippen molar-refractivity contribution in [3.63, 3.8) is 0 Å². The van der Waals surface area contributed by atoms with Crippen LogP contribution in [0.2, 0.25) is 0 Å². The van der Waals surface area contributed by atoms with E-state index in [4.69, 9.17) is 10.00 Å². The smallest absolute Gasteiger partial charge is 0.150 e. The highest BCUT2D eigenvalue weighted by molar-refractivity contribution is 5.76. The first-order valence-electron chi connectivity index (χ1n) is 6.53. The van der Waals surface area contributed by atoms with Gasteiger partial charge in [-0.15, -0.1) is 0 Å². The van der Waals surface area contributed by atoms with Gasteiger partial charge >= 0.3 is 0 Å². The number of nitriles is 1. The molecule has 3 heteroatoms. The van der Waals surface area contributed by atoms with E-state index in [2.05, 4.69) is 6.92 Å². The van der Waals surface area contributed by atoms with Gasteiger partial charge in [-0.3, -0.25) is 4.79 Å². The molecule has 0 amide bonds. The summed E-state index contributed by atoms with van der Waals surface area (Å²) < 4.78 is 5.69. The van der Waals surface area contributed by atoms with Crippen LogP contribution in [0.5, 0.6) is 11.5 Å². The Labute approximate surface area is 118 Å². The van der Waals surface area contributed by atoms with Crippen LogP contribution in [-0.4, -0.2) is 6.29 Å². The normalized spacial score (nSPS) is 9.80. The quantitative estimate of drug-likeness (QED) is 0.764. The molecule has 0 N–H and O–H groups in total. The standard InChI is InChI=1S/C17H15NO2/c1-2-3-13-4-7-16(8-5-13)20-17-9-6-14(12-19)10-15(17)11-18/h4-10,12H,2-3H2,1H3. The predicted octanol–water partition coefficient (Wildman–Crippen LogP) is 4.12. The Bertz CT molecular complexity index is 639. The van der Waals surface area contributed by atoms with E-state index in [-0.39, 0.29) is 0 Å². The van der Waals surface area contributed by atoms with E-state index in [1.165, 1.54) is 11.6 Å². The highest BCUT2D eigenvalue weighted by Crippen LogP contribution is 2.26. The SMILES string of the molecule is CCCc1ccc(Oc2ccc(C=O)cc2C#N)cc1. The summed E-state index contributed by atoms with van der Waals surface area (Å²) in [5.41, 5.74) is 2.08. The van der Waals surface area contributed by atoms with E-state index in [9.17, 15) is 4.79 Å². The van der Waals surface area contributed by atoms with Crippen molar-refractivity contribution in [2.75, 3.05) is 0 Å². The van der Waals surface area contributed by atoms with Crippen molar-refractivity contribution < 1.29 is 9.53 Å². The maximum Gasteiger partial charge on any atom is 0.150 e. The highest BCUT2D eigenvalue weighted by Gasteiger charge is 2.06. The molecule has 0 saturated carbocycles. The lowest BCUT2D eigenvalue weighted by Gasteiger charge is -2.08. The molecule has 0 fully saturated rings. The van der Waals surface area contributed by atoms with Crippen LogP contribution < -0.4 is 4.74 Å². The van der Waals surface area contributed by atoms with Gasteiger partial charge in [-0.2, -0.15) is 5.26 Å². The fraction of sp³-hybridized carbons (Fsp3) is 0.176. The molecule has 0 aromatic heterocycles. The molecule has 2 aromatic carbocycles. The second-order valence-corrected chi connectivity index (χ2v) is 4.48. The van der Waals surface area contributed by atoms with Gasteiger partial charge in [0.25, 0.3) is 0 Å². The molecule has 0 aliphatic carbocycles. The minimum atomic E-state index is 0.354. The number of benzene rings is 2. The van der Waals surface area contributed by atoms with Crippen LogP contribution in [0.15, 0.2) is 42.5 Å². The zero-order chi connectivity index (χ0) is 14.4. The number of carbonyl (C=O) groups is 1. The molecule has 0 heterocycles. The Morgan fingerprint density at radius 2 is 1.95 bits per heavy atom. The van der Waals surface area contributed by atoms with Crippen molar-refractivity contribution in [3.05, 3.63) is 59.2 Å². The fourth-order valence-corrected chi connectivity index (χ4v) is 1.94. The first-order chi connectivity index (χ1) is 9.76. The fourth-order valence-electron chi connectivity index (χ4n) is 1.94. The molecule has 100 valence electrons. The van der Waals surface area contributed by atoms with Crippen LogP contribution in [0.25, 0.3) is 0 Å². The molecular formula is C17H15NO2. The number of aldehydes is 1. The number of hydrogen-bond donors (Lipinski definition) is 0. The first-order valence-corrected chi connectivity index (χ1v) is 6.53. The molecule has 2 aromatic rings. The van der Waals surface area contributed by atoms with Crippen molar-refractivity contribution in [1.29, 1.82) is 5.26 Å². The molecule has 0 aliphatic heterocycles. The number of hydrogen-bond acceptors (Lipinski definition) is 3. The Hall–Kier alpha value is -2.60. The van der Waals surface area contributed by atoms with E-state index < -0.39 is 0 Å². The lowest BCUT2D eigenvalue weighted by atomic mass is 10.1. The molecule has 0 unspecified atom stereocenters. The lowest BCUT2D eigenvalue weighted by molar-refractivity contribution is 0.112. The highest BCUT2D eigenvalue weighted by atomic mass is 16.5. The van der Waals surface area contributed by atoms with Crippen LogP contribution >= 0.6 is 0 Å². The Morgan fingerprint density at radius 3 is 2.55 bits per heavy atom. The van der Waals surface area contributed by atoms with E-state index in [1.807, 2.05) is 30.3 Å². The summed E-state index contributed by atoms with van der Waals surface area (Å²) in [6.45, 7) is 2.14. The maximum absolute atomic E-state index is 10.7. The average molecular weight is 265 g/mol. The van der Waals surface area contributed by atoms with E-state index >= 15 is 0 Å². The van der Waals surface area contributed by atoms with Crippen LogP contribution in [0, 0.1) is 11.3 Å². The number of carbonyl (C=O) groups excluding carboxylic acids is 1. The molecule has 0 atom stereocenters. The lowest BCUT2D eigenvalue weighted by Crippen LogP contribution is -1.91. The molecule has 3 nitrogen and oxygen atoms in total. The van der Waals surface area contributed by atoms with Crippen molar-refractivity contribution in [1.82, 2.24) is 0 Å². The second kappa shape index (κ2) is 6.53. The summed E-state index contributed by atoms with van der Waals surface area (Å²) in [7, 11) is 0. The van der Waals surface area contributed by atoms with E-state index in [1.54, 1.807) is 12.1 Å². The summed E-state index contributed by atoms with van der Waals surface area (Å²) in [6, 6.07) is 14.6. The first kappa shape index (κ1) is 13.8. The summed E-state index contributed by atoms with van der Waals surface area (Å²) in [5, 5.41) is 9.08. The zero-order valence-corrected chi connectivity index (χ0v) is 11.3. The average Bonchev–Trinajstić information content (AvgIpc) is 2.50. The molecule has 0 aliphatic rings. The zero-order valence-electron chi connectivity index (χ0n) is 11.3. The summed E-state index contributed by atoms with van der Waals surface area (Å²) >= 11 is 0. The van der Waals surface area contributed by atoms with Gasteiger partial charge in [0.2, 0.25) is 0 Å². The van der Waals surface area contributed by atoms with Gasteiger partial charge in [0, 0.05) is 5.56 Å². The number of ether oxygens (including phenoxy) is 1. The predicted molar refractivity (Wildman–Crippen MR) is 77.1 cm³/mol. The van der Waals surface area contributed by atoms with Crippen LogP contribution in [0.4, 0.5) is 0 Å². The third kappa shape index (κ3) is 3.24. The van der Waals surface area contributed by atoms with Gasteiger partial charge in [-0.25, -0.2) is 0 Å². The molecular weight excluding hydrogens is 250 g/mol. The van der Waals surface area contributed by atoms with Crippen LogP contribution in [-0.2, 0) is 6.42 Å². The molecule has 20 heavy (non-hydrogen) atoms. The van der Waals surface area contributed by atoms with Gasteiger partial charge in [0.15, 0.2) is 0 Å². The van der Waals surface area contributed by atoms with E-state index in [0.717, 1.165) is 12.8 Å². The molecule has 0 bridgehead atoms. The Morgan fingerprint density at radius 1 is 1.20 bits per heavy atom. The van der Waals surface area contributed by atoms with E-state index in [0.29, 0.717) is 28.9 Å². The van der Waals surface area contributed by atoms with Gasteiger partial charge in [-0.1, -0.05) is 25.5 Å². The minimum absolute atomic E-state index is 0.354. The third-order valence-electron chi connectivity index (χ3n) is 2.95. The van der Waals surface area contributed by atoms with Crippen LogP contribution in [0.1, 0.15) is 34.8 Å². The molecule has 0 radical (unpaired) electrons. The van der Waals surface area contributed by atoms with Gasteiger partial charge in [0.05, 0.1) is 5.56 Å². The van der Waals surface area contributed by atoms with Crippen LogP contribution in [0.3, 0.4) is 0 Å². The summed E-state index contributed by atoms with van der Waals surface area (Å²) in [4.78, 5) is 10.7. The number of nitrogens with zero attached hydrogens (tertiary/aromatic N) is 1. The molecule has 0 saturated heterocycles. The topological polar surface area (TPSA) is 50.1 Å².